The van der Waals surface area contributed by atoms with Crippen molar-refractivity contribution in [3.05, 3.63) is 0 Å². The van der Waals surface area contributed by atoms with Gasteiger partial charge in [0.05, 0.1) is 5.75 Å². The molecule has 3 saturated carbocycles. The summed E-state index contributed by atoms with van der Waals surface area (Å²) >= 11 is 0. The summed E-state index contributed by atoms with van der Waals surface area (Å²) in [6.45, 7) is 1.73. The Hall–Kier alpha value is -0.0900. The van der Waals surface area contributed by atoms with Crippen molar-refractivity contribution in [2.45, 2.75) is 57.4 Å². The Balaban J connectivity index is 1.60. The minimum Gasteiger partial charge on any atom is -0.325 e. The van der Waals surface area contributed by atoms with E-state index in [1.807, 2.05) is 0 Å². The number of nitrogens with two attached hydrogens (primary N) is 1. The van der Waals surface area contributed by atoms with Gasteiger partial charge in [-0.3, -0.25) is 0 Å². The SMILES string of the molecule is CCS(=O)(=O)CCCC1(N)CC2CC1C1CCCC21. The van der Waals surface area contributed by atoms with Crippen LogP contribution in [0.1, 0.15) is 51.9 Å². The highest BCUT2D eigenvalue weighted by molar-refractivity contribution is 7.91. The van der Waals surface area contributed by atoms with E-state index in [1.165, 1.54) is 25.7 Å². The third-order valence-electron chi connectivity index (χ3n) is 6.22. The Morgan fingerprint density at radius 1 is 1.26 bits per heavy atom. The highest BCUT2D eigenvalue weighted by atomic mass is 32.2. The maximum atomic E-state index is 11.6. The molecule has 0 spiro atoms. The lowest BCUT2D eigenvalue weighted by molar-refractivity contribution is 0.147. The first-order chi connectivity index (χ1) is 8.95. The van der Waals surface area contributed by atoms with Gasteiger partial charge in [-0.05, 0) is 62.2 Å². The average Bonchev–Trinajstić information content (AvgIpc) is 2.99. The zero-order valence-electron chi connectivity index (χ0n) is 12.0. The second-order valence-corrected chi connectivity index (χ2v) is 9.61. The van der Waals surface area contributed by atoms with Gasteiger partial charge in [0.1, 0.15) is 9.84 Å². The molecule has 19 heavy (non-hydrogen) atoms. The number of rotatable bonds is 5. The van der Waals surface area contributed by atoms with Crippen LogP contribution in [0.4, 0.5) is 0 Å². The molecule has 2 bridgehead atoms. The van der Waals surface area contributed by atoms with Gasteiger partial charge in [-0.2, -0.15) is 0 Å². The number of hydrogen-bond acceptors (Lipinski definition) is 3. The molecular formula is C15H27NO2S. The van der Waals surface area contributed by atoms with E-state index < -0.39 is 9.84 Å². The molecule has 0 aromatic rings. The molecule has 5 unspecified atom stereocenters. The van der Waals surface area contributed by atoms with Gasteiger partial charge in [0.2, 0.25) is 0 Å². The Labute approximate surface area is 117 Å². The number of sulfone groups is 1. The van der Waals surface area contributed by atoms with Crippen LogP contribution in [0, 0.1) is 23.7 Å². The molecule has 0 heterocycles. The molecule has 0 aromatic heterocycles. The van der Waals surface area contributed by atoms with Crippen LogP contribution in [0.5, 0.6) is 0 Å². The van der Waals surface area contributed by atoms with E-state index in [2.05, 4.69) is 0 Å². The second-order valence-electron chi connectivity index (χ2n) is 7.14. The van der Waals surface area contributed by atoms with Gasteiger partial charge < -0.3 is 5.73 Å². The molecule has 110 valence electrons. The lowest BCUT2D eigenvalue weighted by Crippen LogP contribution is -2.49. The molecule has 0 saturated heterocycles. The molecule has 0 aromatic carbocycles. The minimum absolute atomic E-state index is 0.0422. The second kappa shape index (κ2) is 4.73. The first kappa shape index (κ1) is 13.9. The first-order valence-electron chi connectivity index (χ1n) is 7.94. The normalized spacial score (nSPS) is 44.7. The predicted octanol–water partition coefficient (Wildman–Crippen LogP) is 2.35. The van der Waals surface area contributed by atoms with Gasteiger partial charge in [-0.15, -0.1) is 0 Å². The molecule has 3 aliphatic rings. The average molecular weight is 285 g/mol. The molecular weight excluding hydrogens is 258 g/mol. The van der Waals surface area contributed by atoms with E-state index in [9.17, 15) is 8.42 Å². The van der Waals surface area contributed by atoms with Crippen LogP contribution in [0.15, 0.2) is 0 Å². The highest BCUT2D eigenvalue weighted by Crippen LogP contribution is 2.62. The summed E-state index contributed by atoms with van der Waals surface area (Å²) < 4.78 is 23.2. The van der Waals surface area contributed by atoms with Gasteiger partial charge >= 0.3 is 0 Å². The smallest absolute Gasteiger partial charge is 0.150 e. The summed E-state index contributed by atoms with van der Waals surface area (Å²) in [6.07, 6.45) is 8.34. The van der Waals surface area contributed by atoms with Crippen molar-refractivity contribution in [3.8, 4) is 0 Å². The standard InChI is InChI=1S/C15H27NO2S/c1-2-19(17,18)8-4-7-15(16)10-11-9-14(15)13-6-3-5-12(11)13/h11-14H,2-10,16H2,1H3. The Kier molecular flexibility index (Phi) is 3.45. The molecule has 3 nitrogen and oxygen atoms in total. The molecule has 3 fully saturated rings. The fourth-order valence-electron chi connectivity index (χ4n) is 5.37. The zero-order valence-corrected chi connectivity index (χ0v) is 12.8. The summed E-state index contributed by atoms with van der Waals surface area (Å²) in [5.41, 5.74) is 6.63. The molecule has 3 rings (SSSR count). The van der Waals surface area contributed by atoms with Crippen LogP contribution < -0.4 is 5.73 Å². The Morgan fingerprint density at radius 3 is 2.74 bits per heavy atom. The summed E-state index contributed by atoms with van der Waals surface area (Å²) in [7, 11) is -2.82. The lowest BCUT2D eigenvalue weighted by Gasteiger charge is -2.40. The lowest BCUT2D eigenvalue weighted by atomic mass is 9.70. The number of hydrogen-bond donors (Lipinski definition) is 1. The summed E-state index contributed by atoms with van der Waals surface area (Å²) in [4.78, 5) is 0. The van der Waals surface area contributed by atoms with E-state index in [1.54, 1.807) is 6.92 Å². The van der Waals surface area contributed by atoms with Crippen molar-refractivity contribution in [2.24, 2.45) is 29.4 Å². The number of fused-ring (bicyclic) bond motifs is 5. The van der Waals surface area contributed by atoms with E-state index in [0.29, 0.717) is 11.7 Å². The highest BCUT2D eigenvalue weighted by Gasteiger charge is 2.58. The fraction of sp³-hybridized carbons (Fsp3) is 1.00. The fourth-order valence-corrected chi connectivity index (χ4v) is 6.24. The molecule has 3 aliphatic carbocycles. The van der Waals surface area contributed by atoms with Crippen molar-refractivity contribution in [1.29, 1.82) is 0 Å². The molecule has 4 heteroatoms. The van der Waals surface area contributed by atoms with Gasteiger partial charge in [0, 0.05) is 11.3 Å². The van der Waals surface area contributed by atoms with Crippen molar-refractivity contribution in [1.82, 2.24) is 0 Å². The maximum Gasteiger partial charge on any atom is 0.150 e. The summed E-state index contributed by atoms with van der Waals surface area (Å²) in [6, 6.07) is 0. The molecule has 0 radical (unpaired) electrons. The quantitative estimate of drug-likeness (QED) is 0.843. The van der Waals surface area contributed by atoms with Crippen LogP contribution in [0.3, 0.4) is 0 Å². The Bertz CT molecular complexity index is 447. The molecule has 2 N–H and O–H groups in total. The maximum absolute atomic E-state index is 11.6. The van der Waals surface area contributed by atoms with Crippen molar-refractivity contribution in [3.63, 3.8) is 0 Å². The van der Waals surface area contributed by atoms with Crippen LogP contribution >= 0.6 is 0 Å². The largest absolute Gasteiger partial charge is 0.325 e. The summed E-state index contributed by atoms with van der Waals surface area (Å²) in [5.74, 6) is 3.96. The van der Waals surface area contributed by atoms with Crippen molar-refractivity contribution >= 4 is 9.84 Å². The summed E-state index contributed by atoms with van der Waals surface area (Å²) in [5, 5.41) is 0. The first-order valence-corrected chi connectivity index (χ1v) is 9.76. The third-order valence-corrected chi connectivity index (χ3v) is 8.01. The molecule has 0 amide bonds. The zero-order chi connectivity index (χ0) is 13.7. The molecule has 0 aliphatic heterocycles. The van der Waals surface area contributed by atoms with Crippen LogP contribution in [-0.4, -0.2) is 25.5 Å². The molecule has 5 atom stereocenters. The van der Waals surface area contributed by atoms with Gasteiger partial charge in [0.15, 0.2) is 0 Å². The minimum atomic E-state index is -2.82. The Morgan fingerprint density at radius 2 is 2.00 bits per heavy atom. The van der Waals surface area contributed by atoms with Gasteiger partial charge in [0.25, 0.3) is 0 Å². The van der Waals surface area contributed by atoms with Crippen LogP contribution in [0.2, 0.25) is 0 Å². The van der Waals surface area contributed by atoms with Crippen molar-refractivity contribution < 1.29 is 8.42 Å². The van der Waals surface area contributed by atoms with Gasteiger partial charge in [-0.1, -0.05) is 13.3 Å². The van der Waals surface area contributed by atoms with Crippen molar-refractivity contribution in [2.75, 3.05) is 11.5 Å². The van der Waals surface area contributed by atoms with Gasteiger partial charge in [-0.25, -0.2) is 8.42 Å². The monoisotopic (exact) mass is 285 g/mol. The van der Waals surface area contributed by atoms with Crippen LogP contribution in [0.25, 0.3) is 0 Å². The van der Waals surface area contributed by atoms with E-state index in [0.717, 1.165) is 37.0 Å². The van der Waals surface area contributed by atoms with Crippen LogP contribution in [-0.2, 0) is 9.84 Å². The third kappa shape index (κ3) is 2.35. The van der Waals surface area contributed by atoms with E-state index >= 15 is 0 Å². The van der Waals surface area contributed by atoms with E-state index in [-0.39, 0.29) is 11.3 Å². The topological polar surface area (TPSA) is 60.2 Å². The predicted molar refractivity (Wildman–Crippen MR) is 77.5 cm³/mol. The van der Waals surface area contributed by atoms with E-state index in [4.69, 9.17) is 5.73 Å².